The van der Waals surface area contributed by atoms with Crippen LogP contribution in [-0.4, -0.2) is 19.3 Å². The highest BCUT2D eigenvalue weighted by Gasteiger charge is 2.13. The first-order chi connectivity index (χ1) is 12.7. The van der Waals surface area contributed by atoms with Crippen LogP contribution in [0.4, 0.5) is 5.69 Å². The van der Waals surface area contributed by atoms with Gasteiger partial charge in [-0.3, -0.25) is 5.43 Å². The summed E-state index contributed by atoms with van der Waals surface area (Å²) < 4.78 is 10.7. The maximum atomic E-state index is 12.1. The highest BCUT2D eigenvalue weighted by molar-refractivity contribution is 7.12. The zero-order chi connectivity index (χ0) is 18.4. The normalized spacial score (nSPS) is 10.7. The van der Waals surface area contributed by atoms with Crippen molar-refractivity contribution in [1.29, 1.82) is 0 Å². The average molecular weight is 366 g/mol. The monoisotopic (exact) mass is 366 g/mol. The molecule has 3 aromatic rings. The van der Waals surface area contributed by atoms with E-state index in [2.05, 4.69) is 10.5 Å². The van der Waals surface area contributed by atoms with Gasteiger partial charge in [0, 0.05) is 0 Å². The summed E-state index contributed by atoms with van der Waals surface area (Å²) in [6.07, 6.45) is 1.68. The Hall–Kier alpha value is -3.12. The number of ether oxygens (including phenoxy) is 2. The fourth-order valence-electron chi connectivity index (χ4n) is 2.27. The Morgan fingerprint density at radius 2 is 1.96 bits per heavy atom. The summed E-state index contributed by atoms with van der Waals surface area (Å²) in [4.78, 5) is 12.6. The first-order valence-corrected chi connectivity index (χ1v) is 8.84. The summed E-state index contributed by atoms with van der Waals surface area (Å²) in [6.45, 7) is 2.01. The van der Waals surface area contributed by atoms with Crippen molar-refractivity contribution in [3.8, 4) is 11.5 Å². The van der Waals surface area contributed by atoms with E-state index in [-0.39, 0.29) is 0 Å². The van der Waals surface area contributed by atoms with Crippen molar-refractivity contribution in [1.82, 2.24) is 0 Å². The molecule has 6 heteroatoms. The zero-order valence-electron chi connectivity index (χ0n) is 14.4. The van der Waals surface area contributed by atoms with Gasteiger partial charge in [0.25, 0.3) is 0 Å². The summed E-state index contributed by atoms with van der Waals surface area (Å²) in [5.41, 5.74) is 5.88. The number of aryl methyl sites for hydroxylation is 1. The molecule has 1 aromatic heterocycles. The van der Waals surface area contributed by atoms with Crippen LogP contribution in [0.1, 0.15) is 20.8 Å². The number of nitrogens with zero attached hydrogens (tertiary/aromatic N) is 1. The lowest BCUT2D eigenvalue weighted by Gasteiger charge is -2.09. The van der Waals surface area contributed by atoms with Crippen molar-refractivity contribution in [2.45, 2.75) is 6.92 Å². The molecule has 0 saturated heterocycles. The Kier molecular flexibility index (Phi) is 5.66. The number of carbonyl (C=O) groups is 1. The van der Waals surface area contributed by atoms with Crippen LogP contribution >= 0.6 is 11.3 Å². The van der Waals surface area contributed by atoms with E-state index in [1.165, 1.54) is 18.4 Å². The van der Waals surface area contributed by atoms with Crippen molar-refractivity contribution in [2.75, 3.05) is 12.5 Å². The third-order valence-corrected chi connectivity index (χ3v) is 4.51. The Labute approximate surface area is 155 Å². The van der Waals surface area contributed by atoms with E-state index in [0.717, 1.165) is 16.8 Å². The average Bonchev–Trinajstić information content (AvgIpc) is 3.19. The molecule has 0 aliphatic heterocycles. The quantitative estimate of drug-likeness (QED) is 0.296. The largest absolute Gasteiger partial charge is 0.493 e. The van der Waals surface area contributed by atoms with Crippen molar-refractivity contribution in [3.63, 3.8) is 0 Å². The molecule has 0 amide bonds. The summed E-state index contributed by atoms with van der Waals surface area (Å²) in [7, 11) is 1.53. The molecule has 1 heterocycles. The number of hydrogen-bond acceptors (Lipinski definition) is 6. The molecule has 26 heavy (non-hydrogen) atoms. The van der Waals surface area contributed by atoms with Crippen LogP contribution in [0.3, 0.4) is 0 Å². The number of anilines is 1. The molecule has 0 atom stereocenters. The topological polar surface area (TPSA) is 59.9 Å². The molecular formula is C20H18N2O3S. The predicted octanol–water partition coefficient (Wildman–Crippen LogP) is 4.73. The second kappa shape index (κ2) is 8.31. The van der Waals surface area contributed by atoms with Crippen molar-refractivity contribution >= 4 is 29.2 Å². The maximum Gasteiger partial charge on any atom is 0.353 e. The summed E-state index contributed by atoms with van der Waals surface area (Å²) >= 11 is 1.33. The van der Waals surface area contributed by atoms with Crippen LogP contribution in [0.25, 0.3) is 0 Å². The Morgan fingerprint density at radius 1 is 1.12 bits per heavy atom. The van der Waals surface area contributed by atoms with Crippen LogP contribution in [0, 0.1) is 6.92 Å². The number of benzene rings is 2. The minimum atomic E-state index is -0.402. The number of hydrogen-bond donors (Lipinski definition) is 1. The smallest absolute Gasteiger partial charge is 0.353 e. The number of methoxy groups -OCH3 is 1. The van der Waals surface area contributed by atoms with Gasteiger partial charge in [-0.2, -0.15) is 5.10 Å². The van der Waals surface area contributed by atoms with Gasteiger partial charge in [-0.25, -0.2) is 4.79 Å². The van der Waals surface area contributed by atoms with Gasteiger partial charge in [0.2, 0.25) is 0 Å². The maximum absolute atomic E-state index is 12.1. The van der Waals surface area contributed by atoms with Gasteiger partial charge in [-0.1, -0.05) is 24.3 Å². The minimum absolute atomic E-state index is 0.370. The van der Waals surface area contributed by atoms with E-state index in [1.807, 2.05) is 42.6 Å². The lowest BCUT2D eigenvalue weighted by atomic mass is 10.2. The Bertz CT molecular complexity index is 921. The molecular weight excluding hydrogens is 348 g/mol. The van der Waals surface area contributed by atoms with Crippen LogP contribution in [-0.2, 0) is 0 Å². The Morgan fingerprint density at radius 3 is 2.69 bits per heavy atom. The fourth-order valence-corrected chi connectivity index (χ4v) is 2.87. The van der Waals surface area contributed by atoms with E-state index >= 15 is 0 Å². The van der Waals surface area contributed by atoms with Crippen molar-refractivity contribution in [3.05, 3.63) is 76.0 Å². The fraction of sp³-hybridized carbons (Fsp3) is 0.100. The second-order valence-corrected chi connectivity index (χ2v) is 6.41. The van der Waals surface area contributed by atoms with Crippen LogP contribution in [0.5, 0.6) is 11.5 Å². The van der Waals surface area contributed by atoms with Gasteiger partial charge < -0.3 is 9.47 Å². The third-order valence-electron chi connectivity index (χ3n) is 3.66. The van der Waals surface area contributed by atoms with Crippen LogP contribution in [0.15, 0.2) is 65.1 Å². The molecule has 1 N–H and O–H groups in total. The molecule has 0 aliphatic carbocycles. The molecule has 0 unspecified atom stereocenters. The number of thiophene rings is 1. The van der Waals surface area contributed by atoms with Crippen LogP contribution < -0.4 is 14.9 Å². The number of hydrazone groups is 1. The molecule has 0 spiro atoms. The van der Waals surface area contributed by atoms with Gasteiger partial charge in [-0.05, 0) is 53.8 Å². The Balaban J connectivity index is 1.71. The SMILES string of the molecule is COc1cc(/C=N\Nc2ccccc2C)ccc1OC(=O)c1cccs1. The molecule has 0 saturated carbocycles. The molecule has 2 aromatic carbocycles. The van der Waals surface area contributed by atoms with E-state index in [4.69, 9.17) is 9.47 Å². The molecule has 132 valence electrons. The molecule has 0 bridgehead atoms. The van der Waals surface area contributed by atoms with Crippen molar-refractivity contribution in [2.24, 2.45) is 5.10 Å². The van der Waals surface area contributed by atoms with Crippen LogP contribution in [0.2, 0.25) is 0 Å². The lowest BCUT2D eigenvalue weighted by molar-refractivity contribution is 0.0735. The second-order valence-electron chi connectivity index (χ2n) is 5.46. The van der Waals surface area contributed by atoms with Gasteiger partial charge in [-0.15, -0.1) is 11.3 Å². The van der Waals surface area contributed by atoms with Gasteiger partial charge in [0.05, 0.1) is 19.0 Å². The predicted molar refractivity (Wildman–Crippen MR) is 105 cm³/mol. The number of carbonyl (C=O) groups excluding carboxylic acids is 1. The van der Waals surface area contributed by atoms with E-state index in [9.17, 15) is 4.79 Å². The summed E-state index contributed by atoms with van der Waals surface area (Å²) in [6, 6.07) is 16.7. The third kappa shape index (κ3) is 4.29. The number of esters is 1. The highest BCUT2D eigenvalue weighted by Crippen LogP contribution is 2.29. The standard InChI is InChI=1S/C20H18N2O3S/c1-14-6-3-4-7-16(14)22-21-13-15-9-10-17(18(12-15)24-2)25-20(23)19-8-5-11-26-19/h3-13,22H,1-2H3/b21-13-. The van der Waals surface area contributed by atoms with E-state index in [1.54, 1.807) is 30.5 Å². The molecule has 0 radical (unpaired) electrons. The highest BCUT2D eigenvalue weighted by atomic mass is 32.1. The van der Waals surface area contributed by atoms with E-state index < -0.39 is 5.97 Å². The zero-order valence-corrected chi connectivity index (χ0v) is 15.2. The van der Waals surface area contributed by atoms with Gasteiger partial charge in [0.1, 0.15) is 4.88 Å². The van der Waals surface area contributed by atoms with Gasteiger partial charge >= 0.3 is 5.97 Å². The molecule has 0 aliphatic rings. The number of rotatable bonds is 6. The molecule has 3 rings (SSSR count). The van der Waals surface area contributed by atoms with Crippen molar-refractivity contribution < 1.29 is 14.3 Å². The first-order valence-electron chi connectivity index (χ1n) is 7.96. The molecule has 0 fully saturated rings. The lowest BCUT2D eigenvalue weighted by Crippen LogP contribution is -2.07. The number of para-hydroxylation sites is 1. The molecule has 5 nitrogen and oxygen atoms in total. The summed E-state index contributed by atoms with van der Waals surface area (Å²) in [5, 5.41) is 6.07. The number of nitrogens with one attached hydrogen (secondary N) is 1. The van der Waals surface area contributed by atoms with E-state index in [0.29, 0.717) is 16.4 Å². The summed E-state index contributed by atoms with van der Waals surface area (Å²) in [5.74, 6) is 0.436. The first kappa shape index (κ1) is 17.7. The minimum Gasteiger partial charge on any atom is -0.493 e. The van der Waals surface area contributed by atoms with Gasteiger partial charge in [0.15, 0.2) is 11.5 Å².